The van der Waals surface area contributed by atoms with E-state index in [0.29, 0.717) is 0 Å². The smallest absolute Gasteiger partial charge is 0.407 e. The number of hydrogen-bond acceptors (Lipinski definition) is 8. The summed E-state index contributed by atoms with van der Waals surface area (Å²) in [4.78, 5) is 37.1. The number of carbonyl (C=O) groups is 3. The lowest BCUT2D eigenvalue weighted by molar-refractivity contribution is -0.160. The van der Waals surface area contributed by atoms with E-state index in [1.54, 1.807) is 20.8 Å². The van der Waals surface area contributed by atoms with E-state index in [2.05, 4.69) is 10.6 Å². The molecule has 1 aliphatic carbocycles. The first-order valence-electron chi connectivity index (χ1n) is 12.7. The molecule has 11 nitrogen and oxygen atoms in total. The molecule has 2 aromatic rings. The van der Waals surface area contributed by atoms with Crippen molar-refractivity contribution in [3.05, 3.63) is 59.7 Å². The van der Waals surface area contributed by atoms with Crippen LogP contribution in [-0.2, 0) is 28.5 Å². The first kappa shape index (κ1) is 28.3. The zero-order chi connectivity index (χ0) is 28.2. The first-order valence-corrected chi connectivity index (χ1v) is 12.7. The van der Waals surface area contributed by atoms with Crippen molar-refractivity contribution >= 4 is 18.2 Å². The van der Waals surface area contributed by atoms with E-state index in [1.165, 1.54) is 7.11 Å². The second kappa shape index (κ2) is 12.0. The maximum absolute atomic E-state index is 13.0. The zero-order valence-electron chi connectivity index (χ0n) is 22.3. The van der Waals surface area contributed by atoms with E-state index in [0.717, 1.165) is 22.3 Å². The van der Waals surface area contributed by atoms with Gasteiger partial charge in [0.05, 0.1) is 12.1 Å². The standard InChI is InChI=1S/C28H34N2O9/c1-28(2,3)39-26(33)29-13-21-22(23(37-15-35-4)24(38-21)25(31)32)30-27(34)36-14-20-18-11-7-5-9-16(18)17-10-6-8-12-19(17)20/h5-12,20-24H,13-15H2,1-4H3,(H,29,33)(H,30,34)(H,31,32)/t21-,22-,23-,24-/m1/s1. The van der Waals surface area contributed by atoms with Gasteiger partial charge >= 0.3 is 18.2 Å². The summed E-state index contributed by atoms with van der Waals surface area (Å²) in [6.07, 6.45) is -4.94. The number of nitrogens with one attached hydrogen (secondary N) is 2. The van der Waals surface area contributed by atoms with Gasteiger partial charge in [-0.2, -0.15) is 0 Å². The van der Waals surface area contributed by atoms with Gasteiger partial charge in [0.15, 0.2) is 6.10 Å². The van der Waals surface area contributed by atoms with Crippen molar-refractivity contribution in [1.82, 2.24) is 10.6 Å². The third-order valence-electron chi connectivity index (χ3n) is 6.47. The number of fused-ring (bicyclic) bond motifs is 3. The summed E-state index contributed by atoms with van der Waals surface area (Å²) in [6, 6.07) is 15.0. The summed E-state index contributed by atoms with van der Waals surface area (Å²) in [5.74, 6) is -1.44. The van der Waals surface area contributed by atoms with Crippen LogP contribution in [-0.4, -0.2) is 80.3 Å². The number of ether oxygens (including phenoxy) is 5. The molecule has 2 aromatic carbocycles. The van der Waals surface area contributed by atoms with Crippen molar-refractivity contribution < 1.29 is 43.2 Å². The van der Waals surface area contributed by atoms with Crippen LogP contribution in [0.3, 0.4) is 0 Å². The molecule has 0 spiro atoms. The number of carboxylic acids is 1. The van der Waals surface area contributed by atoms with Gasteiger partial charge in [-0.1, -0.05) is 48.5 Å². The Bertz CT molecular complexity index is 1150. The zero-order valence-corrected chi connectivity index (χ0v) is 22.3. The van der Waals surface area contributed by atoms with Crippen LogP contribution in [0.1, 0.15) is 37.8 Å². The van der Waals surface area contributed by atoms with Gasteiger partial charge in [0.2, 0.25) is 0 Å². The number of methoxy groups -OCH3 is 1. The summed E-state index contributed by atoms with van der Waals surface area (Å²) >= 11 is 0. The van der Waals surface area contributed by atoms with Crippen molar-refractivity contribution in [1.29, 1.82) is 0 Å². The number of benzene rings is 2. The predicted octanol–water partition coefficient (Wildman–Crippen LogP) is 3.26. The molecule has 4 rings (SSSR count). The summed E-state index contributed by atoms with van der Waals surface area (Å²) < 4.78 is 27.1. The van der Waals surface area contributed by atoms with Crippen LogP contribution in [0.25, 0.3) is 11.1 Å². The van der Waals surface area contributed by atoms with Crippen LogP contribution >= 0.6 is 0 Å². The van der Waals surface area contributed by atoms with Crippen LogP contribution in [0.15, 0.2) is 48.5 Å². The van der Waals surface area contributed by atoms with Crippen molar-refractivity contribution in [2.75, 3.05) is 27.1 Å². The lowest BCUT2D eigenvalue weighted by atomic mass is 9.98. The molecule has 0 saturated carbocycles. The molecule has 3 N–H and O–H groups in total. The molecule has 0 aromatic heterocycles. The molecule has 4 atom stereocenters. The lowest BCUT2D eigenvalue weighted by Gasteiger charge is -2.25. The minimum atomic E-state index is -1.41. The number of aliphatic carboxylic acids is 1. The van der Waals surface area contributed by atoms with Gasteiger partial charge in [-0.15, -0.1) is 0 Å². The van der Waals surface area contributed by atoms with Crippen LogP contribution in [0.2, 0.25) is 0 Å². The molecule has 1 heterocycles. The Hall–Kier alpha value is -3.67. The molecule has 1 aliphatic heterocycles. The second-order valence-corrected chi connectivity index (χ2v) is 10.3. The third-order valence-corrected chi connectivity index (χ3v) is 6.47. The van der Waals surface area contributed by atoms with Gasteiger partial charge in [0.1, 0.15) is 25.1 Å². The number of amides is 2. The fraction of sp³-hybridized carbons (Fsp3) is 0.464. The SMILES string of the molecule is COCO[C@@H]1[C@H](NC(=O)OCC2c3ccccc3-c3ccccc32)[C@@H](CNC(=O)OC(C)(C)C)O[C@H]1C(=O)O. The maximum atomic E-state index is 13.0. The Morgan fingerprint density at radius 3 is 2.15 bits per heavy atom. The first-order chi connectivity index (χ1) is 18.6. The van der Waals surface area contributed by atoms with E-state index in [1.807, 2.05) is 48.5 Å². The van der Waals surface area contributed by atoms with E-state index >= 15 is 0 Å². The van der Waals surface area contributed by atoms with Crippen molar-refractivity contribution in [3.63, 3.8) is 0 Å². The summed E-state index contributed by atoms with van der Waals surface area (Å²) in [6.45, 7) is 4.85. The summed E-state index contributed by atoms with van der Waals surface area (Å²) in [5.41, 5.74) is 3.58. The highest BCUT2D eigenvalue weighted by molar-refractivity contribution is 5.79. The van der Waals surface area contributed by atoms with Gasteiger partial charge in [-0.3, -0.25) is 0 Å². The summed E-state index contributed by atoms with van der Waals surface area (Å²) in [7, 11) is 1.39. The van der Waals surface area contributed by atoms with E-state index < -0.39 is 48.1 Å². The molecule has 2 amide bonds. The van der Waals surface area contributed by atoms with Gasteiger partial charge in [0, 0.05) is 19.6 Å². The molecular formula is C28H34N2O9. The number of hydrogen-bond donors (Lipinski definition) is 3. The number of rotatable bonds is 9. The summed E-state index contributed by atoms with van der Waals surface area (Å²) in [5, 5.41) is 15.0. The molecule has 0 radical (unpaired) electrons. The number of carboxylic acid groups (broad SMARTS) is 1. The van der Waals surface area contributed by atoms with Gasteiger partial charge in [0.25, 0.3) is 0 Å². The van der Waals surface area contributed by atoms with E-state index in [9.17, 15) is 19.5 Å². The Kier molecular flexibility index (Phi) is 8.73. The molecule has 210 valence electrons. The van der Waals surface area contributed by atoms with Crippen LogP contribution in [0.5, 0.6) is 0 Å². The minimum absolute atomic E-state index is 0.0697. The molecule has 2 aliphatic rings. The Morgan fingerprint density at radius 2 is 1.59 bits per heavy atom. The third kappa shape index (κ3) is 6.67. The fourth-order valence-electron chi connectivity index (χ4n) is 4.91. The Labute approximate surface area is 226 Å². The highest BCUT2D eigenvalue weighted by atomic mass is 16.7. The average Bonchev–Trinajstić information content (AvgIpc) is 3.39. The second-order valence-electron chi connectivity index (χ2n) is 10.3. The predicted molar refractivity (Wildman–Crippen MR) is 139 cm³/mol. The minimum Gasteiger partial charge on any atom is -0.479 e. The molecule has 1 saturated heterocycles. The normalized spacial score (nSPS) is 22.1. The van der Waals surface area contributed by atoms with Gasteiger partial charge in [-0.25, -0.2) is 14.4 Å². The van der Waals surface area contributed by atoms with Crippen molar-refractivity contribution in [2.45, 2.75) is 56.6 Å². The van der Waals surface area contributed by atoms with Crippen LogP contribution in [0.4, 0.5) is 9.59 Å². The monoisotopic (exact) mass is 542 g/mol. The number of carbonyl (C=O) groups excluding carboxylic acids is 2. The molecule has 0 bridgehead atoms. The number of alkyl carbamates (subject to hydrolysis) is 2. The fourth-order valence-corrected chi connectivity index (χ4v) is 4.91. The molecule has 1 fully saturated rings. The largest absolute Gasteiger partial charge is 0.479 e. The Morgan fingerprint density at radius 1 is 0.974 bits per heavy atom. The highest BCUT2D eigenvalue weighted by Crippen LogP contribution is 2.44. The van der Waals surface area contributed by atoms with E-state index in [-0.39, 0.29) is 25.9 Å². The van der Waals surface area contributed by atoms with Crippen molar-refractivity contribution in [3.8, 4) is 11.1 Å². The average molecular weight is 543 g/mol. The van der Waals surface area contributed by atoms with Gasteiger partial charge in [-0.05, 0) is 43.0 Å². The maximum Gasteiger partial charge on any atom is 0.407 e. The van der Waals surface area contributed by atoms with Crippen molar-refractivity contribution in [2.24, 2.45) is 0 Å². The van der Waals surface area contributed by atoms with E-state index in [4.69, 9.17) is 23.7 Å². The molecule has 11 heteroatoms. The molecule has 39 heavy (non-hydrogen) atoms. The Balaban J connectivity index is 1.46. The lowest BCUT2D eigenvalue weighted by Crippen LogP contribution is -2.52. The van der Waals surface area contributed by atoms with Gasteiger partial charge < -0.3 is 39.4 Å². The topological polar surface area (TPSA) is 142 Å². The van der Waals surface area contributed by atoms with Crippen LogP contribution < -0.4 is 10.6 Å². The molecular weight excluding hydrogens is 508 g/mol. The molecule has 0 unspecified atom stereocenters. The quantitative estimate of drug-likeness (QED) is 0.407. The van der Waals surface area contributed by atoms with Crippen LogP contribution in [0, 0.1) is 0 Å². The highest BCUT2D eigenvalue weighted by Gasteiger charge is 2.50.